The highest BCUT2D eigenvalue weighted by atomic mass is 16.4. The fourth-order valence-electron chi connectivity index (χ4n) is 1.57. The minimum absolute atomic E-state index is 0.354. The van der Waals surface area contributed by atoms with Crippen LogP contribution in [0.5, 0.6) is 0 Å². The molecule has 1 aliphatic heterocycles. The number of carboxylic acids is 1. The van der Waals surface area contributed by atoms with Crippen molar-refractivity contribution < 1.29 is 15.0 Å². The van der Waals surface area contributed by atoms with E-state index in [0.29, 0.717) is 11.3 Å². The molecule has 4 nitrogen and oxygen atoms in total. The van der Waals surface area contributed by atoms with Gasteiger partial charge in [-0.1, -0.05) is 18.2 Å². The highest BCUT2D eigenvalue weighted by Gasteiger charge is 2.35. The van der Waals surface area contributed by atoms with Gasteiger partial charge in [-0.15, -0.1) is 0 Å². The van der Waals surface area contributed by atoms with Crippen LogP contribution in [0.2, 0.25) is 0 Å². The molecule has 0 saturated heterocycles. The fourth-order valence-corrected chi connectivity index (χ4v) is 1.57. The number of aliphatic hydroxyl groups is 1. The quantitative estimate of drug-likeness (QED) is 0.734. The van der Waals surface area contributed by atoms with E-state index in [1.165, 1.54) is 6.21 Å². The molecule has 0 aromatic heterocycles. The number of benzene rings is 1. The summed E-state index contributed by atoms with van der Waals surface area (Å²) in [5.41, 5.74) is -0.249. The first-order valence-electron chi connectivity index (χ1n) is 4.21. The first-order chi connectivity index (χ1) is 6.62. The zero-order valence-corrected chi connectivity index (χ0v) is 7.34. The first kappa shape index (κ1) is 8.90. The molecule has 2 rings (SSSR count). The van der Waals surface area contributed by atoms with Gasteiger partial charge in [-0.05, 0) is 6.07 Å². The van der Waals surface area contributed by atoms with Gasteiger partial charge in [-0.25, -0.2) is 0 Å². The van der Waals surface area contributed by atoms with Gasteiger partial charge < -0.3 is 10.2 Å². The number of aliphatic carboxylic acids is 1. The summed E-state index contributed by atoms with van der Waals surface area (Å²) in [6, 6.07) is 6.97. The summed E-state index contributed by atoms with van der Waals surface area (Å²) in [7, 11) is 0. The van der Waals surface area contributed by atoms with Gasteiger partial charge in [0, 0.05) is 11.8 Å². The number of hydrogen-bond donors (Lipinski definition) is 2. The Kier molecular flexibility index (Phi) is 1.86. The van der Waals surface area contributed by atoms with E-state index in [9.17, 15) is 9.90 Å². The Labute approximate surface area is 80.5 Å². The van der Waals surface area contributed by atoms with E-state index in [-0.39, 0.29) is 6.42 Å². The van der Waals surface area contributed by atoms with Crippen LogP contribution in [-0.2, 0) is 10.4 Å². The maximum absolute atomic E-state index is 10.5. The molecule has 72 valence electrons. The molecular weight excluding hydrogens is 182 g/mol. The summed E-state index contributed by atoms with van der Waals surface area (Å²) < 4.78 is 0. The van der Waals surface area contributed by atoms with Crippen molar-refractivity contribution >= 4 is 17.9 Å². The summed E-state index contributed by atoms with van der Waals surface area (Å²) in [6.07, 6.45) is 0.930. The Morgan fingerprint density at radius 1 is 1.43 bits per heavy atom. The molecule has 0 aliphatic carbocycles. The summed E-state index contributed by atoms with van der Waals surface area (Å²) in [6.45, 7) is 0. The van der Waals surface area contributed by atoms with Crippen molar-refractivity contribution in [2.75, 3.05) is 0 Å². The van der Waals surface area contributed by atoms with Gasteiger partial charge in [-0.2, -0.15) is 0 Å². The third-order valence-corrected chi connectivity index (χ3v) is 2.21. The zero-order valence-electron chi connectivity index (χ0n) is 7.34. The molecule has 0 saturated carbocycles. The lowest BCUT2D eigenvalue weighted by atomic mass is 9.93. The standard InChI is InChI=1S/C10H9NO3/c12-9(13)5-10(14)6-11-8-4-2-1-3-7(8)10/h1-4,6,14H,5H2,(H,12,13). The predicted molar refractivity (Wildman–Crippen MR) is 50.7 cm³/mol. The Morgan fingerprint density at radius 3 is 2.86 bits per heavy atom. The molecule has 0 radical (unpaired) electrons. The second-order valence-corrected chi connectivity index (χ2v) is 3.27. The van der Waals surface area contributed by atoms with Crippen molar-refractivity contribution in [3.63, 3.8) is 0 Å². The van der Waals surface area contributed by atoms with Crippen molar-refractivity contribution in [3.8, 4) is 0 Å². The van der Waals surface area contributed by atoms with Gasteiger partial charge in [-0.3, -0.25) is 9.79 Å². The van der Waals surface area contributed by atoms with Gasteiger partial charge in [0.05, 0.1) is 12.1 Å². The number of fused-ring (bicyclic) bond motifs is 1. The molecule has 1 aromatic rings. The van der Waals surface area contributed by atoms with E-state index in [4.69, 9.17) is 5.11 Å². The average molecular weight is 191 g/mol. The third kappa shape index (κ3) is 1.29. The molecule has 1 heterocycles. The molecule has 0 amide bonds. The third-order valence-electron chi connectivity index (χ3n) is 2.21. The molecule has 0 bridgehead atoms. The summed E-state index contributed by atoms with van der Waals surface area (Å²) >= 11 is 0. The van der Waals surface area contributed by atoms with Crippen LogP contribution in [0.15, 0.2) is 29.3 Å². The van der Waals surface area contributed by atoms with Gasteiger partial charge in [0.25, 0.3) is 0 Å². The molecule has 2 N–H and O–H groups in total. The highest BCUT2D eigenvalue weighted by molar-refractivity contribution is 5.87. The topological polar surface area (TPSA) is 69.9 Å². The Balaban J connectivity index is 2.42. The molecular formula is C10H9NO3. The molecule has 1 aliphatic rings. The zero-order chi connectivity index (χ0) is 10.2. The van der Waals surface area contributed by atoms with Crippen LogP contribution in [0.25, 0.3) is 0 Å². The fraction of sp³-hybridized carbons (Fsp3) is 0.200. The van der Waals surface area contributed by atoms with E-state index >= 15 is 0 Å². The Bertz CT molecular complexity index is 414. The Hall–Kier alpha value is -1.68. The van der Waals surface area contributed by atoms with E-state index < -0.39 is 11.6 Å². The van der Waals surface area contributed by atoms with Gasteiger partial charge >= 0.3 is 5.97 Å². The number of rotatable bonds is 2. The molecule has 1 atom stereocenters. The van der Waals surface area contributed by atoms with Crippen molar-refractivity contribution in [3.05, 3.63) is 29.8 Å². The van der Waals surface area contributed by atoms with E-state index in [1.54, 1.807) is 24.3 Å². The Morgan fingerprint density at radius 2 is 2.14 bits per heavy atom. The van der Waals surface area contributed by atoms with Crippen LogP contribution in [-0.4, -0.2) is 22.4 Å². The smallest absolute Gasteiger partial charge is 0.307 e. The summed E-state index contributed by atoms with van der Waals surface area (Å²) in [5, 5.41) is 18.6. The summed E-state index contributed by atoms with van der Waals surface area (Å²) in [4.78, 5) is 14.5. The monoisotopic (exact) mass is 191 g/mol. The van der Waals surface area contributed by atoms with Crippen LogP contribution in [0.4, 0.5) is 5.69 Å². The number of carboxylic acid groups (broad SMARTS) is 1. The van der Waals surface area contributed by atoms with Crippen molar-refractivity contribution in [1.82, 2.24) is 0 Å². The number of carbonyl (C=O) groups is 1. The van der Waals surface area contributed by atoms with E-state index in [1.807, 2.05) is 0 Å². The molecule has 1 aromatic carbocycles. The minimum Gasteiger partial charge on any atom is -0.481 e. The molecule has 1 unspecified atom stereocenters. The number of para-hydroxylation sites is 1. The molecule has 4 heteroatoms. The van der Waals surface area contributed by atoms with Crippen LogP contribution in [0.3, 0.4) is 0 Å². The number of nitrogens with zero attached hydrogens (tertiary/aromatic N) is 1. The van der Waals surface area contributed by atoms with E-state index in [2.05, 4.69) is 4.99 Å². The SMILES string of the molecule is O=C(O)CC1(O)C=Nc2ccccc21. The van der Waals surface area contributed by atoms with Crippen molar-refractivity contribution in [2.45, 2.75) is 12.0 Å². The van der Waals surface area contributed by atoms with Gasteiger partial charge in [0.1, 0.15) is 5.60 Å². The van der Waals surface area contributed by atoms with Crippen LogP contribution in [0, 0.1) is 0 Å². The lowest BCUT2D eigenvalue weighted by Gasteiger charge is -2.18. The van der Waals surface area contributed by atoms with Crippen LogP contribution < -0.4 is 0 Å². The maximum Gasteiger partial charge on any atom is 0.307 e. The highest BCUT2D eigenvalue weighted by Crippen LogP contribution is 2.36. The normalized spacial score (nSPS) is 23.5. The largest absolute Gasteiger partial charge is 0.481 e. The van der Waals surface area contributed by atoms with Crippen molar-refractivity contribution in [1.29, 1.82) is 0 Å². The van der Waals surface area contributed by atoms with E-state index in [0.717, 1.165) is 0 Å². The van der Waals surface area contributed by atoms with Gasteiger partial charge in [0.2, 0.25) is 0 Å². The molecule has 14 heavy (non-hydrogen) atoms. The van der Waals surface area contributed by atoms with Crippen LogP contribution in [0.1, 0.15) is 12.0 Å². The van der Waals surface area contributed by atoms with Crippen LogP contribution >= 0.6 is 0 Å². The summed E-state index contributed by atoms with van der Waals surface area (Å²) in [5.74, 6) is -1.05. The number of hydrogen-bond acceptors (Lipinski definition) is 3. The predicted octanol–water partition coefficient (Wildman–Crippen LogP) is 1.06. The second kappa shape index (κ2) is 2.92. The van der Waals surface area contributed by atoms with Crippen molar-refractivity contribution in [2.24, 2.45) is 4.99 Å². The minimum atomic E-state index is -1.44. The average Bonchev–Trinajstić information content (AvgIpc) is 2.44. The maximum atomic E-state index is 10.5. The molecule has 0 fully saturated rings. The molecule has 0 spiro atoms. The lowest BCUT2D eigenvalue weighted by molar-refractivity contribution is -0.140. The van der Waals surface area contributed by atoms with Gasteiger partial charge in [0.15, 0.2) is 0 Å². The lowest BCUT2D eigenvalue weighted by Crippen LogP contribution is -2.28. The number of aliphatic imine (C=N–C) groups is 1. The second-order valence-electron chi connectivity index (χ2n) is 3.27. The first-order valence-corrected chi connectivity index (χ1v) is 4.21.